The molecule has 1 saturated heterocycles. The number of esters is 1. The summed E-state index contributed by atoms with van der Waals surface area (Å²) in [5, 5.41) is 12.2. The molecule has 0 atom stereocenters. The van der Waals surface area contributed by atoms with E-state index in [1.54, 1.807) is 0 Å². The predicted molar refractivity (Wildman–Crippen MR) is 159 cm³/mol. The highest BCUT2D eigenvalue weighted by molar-refractivity contribution is 5.82. The first-order valence-electron chi connectivity index (χ1n) is 14.4. The number of hydrogen-bond donors (Lipinski definition) is 1. The number of aliphatic hydroxyl groups is 1. The Kier molecular flexibility index (Phi) is 9.15. The van der Waals surface area contributed by atoms with Crippen molar-refractivity contribution in [2.45, 2.75) is 70.8 Å². The molecule has 1 aliphatic rings. The molecule has 0 spiro atoms. The first kappa shape index (κ1) is 29.5. The lowest BCUT2D eigenvalue weighted by Crippen LogP contribution is -2.46. The molecule has 5 nitrogen and oxygen atoms in total. The van der Waals surface area contributed by atoms with Crippen molar-refractivity contribution in [1.29, 1.82) is 0 Å². The first-order chi connectivity index (χ1) is 19.0. The molecule has 4 rings (SSSR count). The van der Waals surface area contributed by atoms with Gasteiger partial charge in [0.05, 0.1) is 12.5 Å². The molecule has 0 aromatic heterocycles. The van der Waals surface area contributed by atoms with E-state index < -0.39 is 11.0 Å². The minimum absolute atomic E-state index is 0.0229. The average Bonchev–Trinajstić information content (AvgIpc) is 2.97. The average molecular weight is 542 g/mol. The van der Waals surface area contributed by atoms with Gasteiger partial charge in [-0.25, -0.2) is 0 Å². The Bertz CT molecular complexity index is 1240. The summed E-state index contributed by atoms with van der Waals surface area (Å²) in [7, 11) is 1.41. The van der Waals surface area contributed by atoms with Crippen molar-refractivity contribution >= 4 is 11.9 Å². The highest BCUT2D eigenvalue weighted by Gasteiger charge is 2.42. The Hall–Kier alpha value is -3.44. The van der Waals surface area contributed by atoms with Gasteiger partial charge in [0, 0.05) is 19.5 Å². The Labute approximate surface area is 239 Å². The molecular formula is C35H43NO4. The Morgan fingerprint density at radius 3 is 1.77 bits per heavy atom. The number of carbonyl (C=O) groups is 2. The summed E-state index contributed by atoms with van der Waals surface area (Å²) in [5.41, 5.74) is 4.43. The van der Waals surface area contributed by atoms with Crippen LogP contribution in [0.2, 0.25) is 0 Å². The van der Waals surface area contributed by atoms with Crippen LogP contribution in [0.4, 0.5) is 0 Å². The van der Waals surface area contributed by atoms with Gasteiger partial charge in [0.15, 0.2) is 0 Å². The SMILES string of the molecule is COC(=O)C(C)(C)c1ccc(CCCC(=O)N2CCC(C(O)(c3ccc(C)cc3)c3ccc(C)cc3)CC2)cc1. The van der Waals surface area contributed by atoms with Crippen molar-refractivity contribution in [3.05, 3.63) is 106 Å². The zero-order valence-corrected chi connectivity index (χ0v) is 24.6. The van der Waals surface area contributed by atoms with Gasteiger partial charge in [-0.3, -0.25) is 9.59 Å². The largest absolute Gasteiger partial charge is 0.468 e. The molecule has 0 aliphatic carbocycles. The van der Waals surface area contributed by atoms with Gasteiger partial charge in [-0.2, -0.15) is 0 Å². The molecule has 1 N–H and O–H groups in total. The number of methoxy groups -OCH3 is 1. The molecule has 1 fully saturated rings. The number of ether oxygens (including phenoxy) is 1. The summed E-state index contributed by atoms with van der Waals surface area (Å²) in [6.07, 6.45) is 3.58. The zero-order valence-electron chi connectivity index (χ0n) is 24.6. The van der Waals surface area contributed by atoms with Gasteiger partial charge < -0.3 is 14.7 Å². The zero-order chi connectivity index (χ0) is 28.9. The second-order valence-electron chi connectivity index (χ2n) is 11.8. The lowest BCUT2D eigenvalue weighted by atomic mass is 9.72. The molecular weight excluding hydrogens is 498 g/mol. The standard InChI is InChI=1S/C35H43NO4/c1-25-9-15-29(16-10-25)35(39,30-17-11-26(2)12-18-30)31-21-23-36(24-22-31)32(37)8-6-7-27-13-19-28(20-14-27)34(3,4)33(38)40-5/h9-20,31,39H,6-8,21-24H2,1-5H3. The van der Waals surface area contributed by atoms with Crippen LogP contribution in [0.5, 0.6) is 0 Å². The molecule has 1 amide bonds. The lowest BCUT2D eigenvalue weighted by molar-refractivity contribution is -0.146. The fraction of sp³-hybridized carbons (Fsp3) is 0.429. The number of benzene rings is 3. The van der Waals surface area contributed by atoms with Crippen molar-refractivity contribution in [2.75, 3.05) is 20.2 Å². The number of hydrogen-bond acceptors (Lipinski definition) is 4. The maximum Gasteiger partial charge on any atom is 0.315 e. The summed E-state index contributed by atoms with van der Waals surface area (Å²) in [6, 6.07) is 24.4. The maximum atomic E-state index is 13.1. The molecule has 212 valence electrons. The van der Waals surface area contributed by atoms with Crippen LogP contribution < -0.4 is 0 Å². The topological polar surface area (TPSA) is 66.8 Å². The third-order valence-corrected chi connectivity index (χ3v) is 8.65. The minimum Gasteiger partial charge on any atom is -0.468 e. The number of piperidine rings is 1. The van der Waals surface area contributed by atoms with E-state index in [0.717, 1.165) is 59.1 Å². The quantitative estimate of drug-likeness (QED) is 0.325. The monoisotopic (exact) mass is 541 g/mol. The Morgan fingerprint density at radius 1 is 0.825 bits per heavy atom. The summed E-state index contributed by atoms with van der Waals surface area (Å²) in [6.45, 7) is 9.14. The van der Waals surface area contributed by atoms with Gasteiger partial charge in [0.2, 0.25) is 5.91 Å². The normalized spacial score (nSPS) is 14.7. The van der Waals surface area contributed by atoms with Gasteiger partial charge in [-0.15, -0.1) is 0 Å². The van der Waals surface area contributed by atoms with E-state index in [2.05, 4.69) is 38.1 Å². The fourth-order valence-electron chi connectivity index (χ4n) is 5.86. The Morgan fingerprint density at radius 2 is 1.30 bits per heavy atom. The first-order valence-corrected chi connectivity index (χ1v) is 14.4. The second kappa shape index (κ2) is 12.4. The van der Waals surface area contributed by atoms with Gasteiger partial charge in [0.25, 0.3) is 0 Å². The van der Waals surface area contributed by atoms with Crippen molar-refractivity contribution in [1.82, 2.24) is 4.90 Å². The van der Waals surface area contributed by atoms with Crippen LogP contribution in [0.1, 0.15) is 72.9 Å². The third-order valence-electron chi connectivity index (χ3n) is 8.65. The molecule has 5 heteroatoms. The molecule has 1 aliphatic heterocycles. The second-order valence-corrected chi connectivity index (χ2v) is 11.8. The van der Waals surface area contributed by atoms with Crippen LogP contribution in [-0.4, -0.2) is 42.1 Å². The predicted octanol–water partition coefficient (Wildman–Crippen LogP) is 6.25. The van der Waals surface area contributed by atoms with E-state index in [0.29, 0.717) is 19.5 Å². The molecule has 0 radical (unpaired) electrons. The Balaban J connectivity index is 1.35. The number of carbonyl (C=O) groups excluding carboxylic acids is 2. The maximum absolute atomic E-state index is 13.1. The van der Waals surface area contributed by atoms with E-state index in [1.807, 2.05) is 67.3 Å². The molecule has 40 heavy (non-hydrogen) atoms. The van der Waals surface area contributed by atoms with E-state index in [4.69, 9.17) is 4.74 Å². The summed E-state index contributed by atoms with van der Waals surface area (Å²) >= 11 is 0. The molecule has 0 saturated carbocycles. The number of amides is 1. The molecule has 0 bridgehead atoms. The van der Waals surface area contributed by atoms with Gasteiger partial charge >= 0.3 is 5.97 Å². The highest BCUT2D eigenvalue weighted by Crippen LogP contribution is 2.42. The summed E-state index contributed by atoms with van der Waals surface area (Å²) in [4.78, 5) is 27.1. The van der Waals surface area contributed by atoms with Crippen molar-refractivity contribution in [3.63, 3.8) is 0 Å². The number of nitrogens with zero attached hydrogens (tertiary/aromatic N) is 1. The van der Waals surface area contributed by atoms with Crippen LogP contribution >= 0.6 is 0 Å². The van der Waals surface area contributed by atoms with E-state index >= 15 is 0 Å². The van der Waals surface area contributed by atoms with Crippen LogP contribution in [0.15, 0.2) is 72.8 Å². The van der Waals surface area contributed by atoms with Crippen molar-refractivity contribution < 1.29 is 19.4 Å². The van der Waals surface area contributed by atoms with Crippen LogP contribution in [-0.2, 0) is 31.8 Å². The van der Waals surface area contributed by atoms with Gasteiger partial charge in [-0.1, -0.05) is 83.9 Å². The van der Waals surface area contributed by atoms with Gasteiger partial charge in [-0.05, 0) is 81.5 Å². The van der Waals surface area contributed by atoms with E-state index in [1.165, 1.54) is 7.11 Å². The third kappa shape index (κ3) is 6.31. The summed E-state index contributed by atoms with van der Waals surface area (Å²) < 4.78 is 4.93. The van der Waals surface area contributed by atoms with E-state index in [-0.39, 0.29) is 17.8 Å². The summed E-state index contributed by atoms with van der Waals surface area (Å²) in [5.74, 6) is -0.0587. The lowest BCUT2D eigenvalue weighted by Gasteiger charge is -2.42. The minimum atomic E-state index is -1.09. The van der Waals surface area contributed by atoms with Crippen LogP contribution in [0.3, 0.4) is 0 Å². The molecule has 3 aromatic carbocycles. The highest BCUT2D eigenvalue weighted by atomic mass is 16.5. The van der Waals surface area contributed by atoms with Crippen molar-refractivity contribution in [3.8, 4) is 0 Å². The molecule has 1 heterocycles. The van der Waals surface area contributed by atoms with Crippen LogP contribution in [0, 0.1) is 19.8 Å². The number of rotatable bonds is 9. The number of aryl methyl sites for hydroxylation is 3. The van der Waals surface area contributed by atoms with E-state index in [9.17, 15) is 14.7 Å². The molecule has 3 aromatic rings. The van der Waals surface area contributed by atoms with Crippen LogP contribution in [0.25, 0.3) is 0 Å². The smallest absolute Gasteiger partial charge is 0.315 e. The fourth-order valence-corrected chi connectivity index (χ4v) is 5.86. The van der Waals surface area contributed by atoms with Crippen molar-refractivity contribution in [2.24, 2.45) is 5.92 Å². The number of likely N-dealkylation sites (tertiary alicyclic amines) is 1. The molecule has 0 unspecified atom stereocenters. The van der Waals surface area contributed by atoms with Gasteiger partial charge in [0.1, 0.15) is 5.60 Å².